The highest BCUT2D eigenvalue weighted by Gasteiger charge is 2.30. The van der Waals surface area contributed by atoms with Crippen molar-refractivity contribution in [2.24, 2.45) is 0 Å². The quantitative estimate of drug-likeness (QED) is 0.160. The normalized spacial score (nSPS) is 12.7. The van der Waals surface area contributed by atoms with Gasteiger partial charge >= 0.3 is 0 Å². The van der Waals surface area contributed by atoms with E-state index in [-0.39, 0.29) is 5.41 Å². The minimum absolute atomic E-state index is 0.00864. The third kappa shape index (κ3) is 7.06. The number of ether oxygens (including phenoxy) is 1. The molecular formula is C54H48N6O. The van der Waals surface area contributed by atoms with Gasteiger partial charge < -0.3 is 14.5 Å². The van der Waals surface area contributed by atoms with E-state index < -0.39 is 0 Å². The third-order valence-electron chi connectivity index (χ3n) is 11.7. The summed E-state index contributed by atoms with van der Waals surface area (Å²) in [5.41, 5.74) is 16.4. The number of anilines is 4. The fourth-order valence-electron chi connectivity index (χ4n) is 8.93. The Kier molecular flexibility index (Phi) is 9.21. The molecule has 0 radical (unpaired) electrons. The zero-order valence-corrected chi connectivity index (χ0v) is 35.7. The van der Waals surface area contributed by atoms with Crippen LogP contribution in [0.15, 0.2) is 152 Å². The molecule has 1 aliphatic rings. The summed E-state index contributed by atoms with van der Waals surface area (Å²) in [7, 11) is 0. The van der Waals surface area contributed by atoms with Gasteiger partial charge in [0.1, 0.15) is 24.0 Å². The lowest BCUT2D eigenvalue weighted by atomic mass is 9.88. The van der Waals surface area contributed by atoms with Gasteiger partial charge in [0.15, 0.2) is 0 Å². The number of hydrogen-bond donors (Lipinski definition) is 0. The summed E-state index contributed by atoms with van der Waals surface area (Å²) < 4.78 is 9.01. The monoisotopic (exact) mass is 796 g/mol. The van der Waals surface area contributed by atoms with E-state index in [2.05, 4.69) is 207 Å². The molecule has 0 atom stereocenters. The number of benzene rings is 5. The zero-order chi connectivity index (χ0) is 42.0. The van der Waals surface area contributed by atoms with Crippen LogP contribution in [0.1, 0.15) is 49.1 Å². The highest BCUT2D eigenvalue weighted by atomic mass is 16.5. The molecule has 0 N–H and O–H groups in total. The van der Waals surface area contributed by atoms with Crippen LogP contribution >= 0.6 is 0 Å². The van der Waals surface area contributed by atoms with Gasteiger partial charge in [0.25, 0.3) is 0 Å². The summed E-state index contributed by atoms with van der Waals surface area (Å²) in [6, 6.07) is 51.8. The lowest BCUT2D eigenvalue weighted by Gasteiger charge is -2.25. The molecule has 5 heterocycles. The molecular weight excluding hydrogens is 749 g/mol. The van der Waals surface area contributed by atoms with E-state index in [0.29, 0.717) is 6.67 Å². The van der Waals surface area contributed by atoms with Crippen LogP contribution in [0, 0.1) is 27.7 Å². The van der Waals surface area contributed by atoms with Crippen LogP contribution < -0.4 is 14.5 Å². The largest absolute Gasteiger partial charge is 0.457 e. The van der Waals surface area contributed by atoms with E-state index in [1.165, 1.54) is 10.9 Å². The van der Waals surface area contributed by atoms with Crippen molar-refractivity contribution in [3.8, 4) is 39.6 Å². The standard InChI is InChI=1S/C54H48N6O/c1-34-25-39(26-35(2)56-34)38-19-21-45(40-27-36(3)57-37(4)28-40)51(29-38)59-33-58(49-17-10-11-18-50(49)59)42-13-12-14-43(31-42)61-44-20-22-47-46-15-8-9-16-48(46)60(52(47)32-44)53-30-41(23-24-55-53)54(5,6)7/h8-32H,33H2,1-7H3. The minimum Gasteiger partial charge on any atom is -0.457 e. The van der Waals surface area contributed by atoms with Gasteiger partial charge in [0.05, 0.1) is 28.1 Å². The Morgan fingerprint density at radius 3 is 1.90 bits per heavy atom. The number of fused-ring (bicyclic) bond motifs is 4. The van der Waals surface area contributed by atoms with Crippen LogP contribution in [0.4, 0.5) is 22.7 Å². The summed E-state index contributed by atoms with van der Waals surface area (Å²) in [6.45, 7) is 15.6. The first-order valence-electron chi connectivity index (χ1n) is 20.9. The van der Waals surface area contributed by atoms with Crippen molar-refractivity contribution in [1.29, 1.82) is 0 Å². The SMILES string of the molecule is Cc1cc(-c2ccc(-c3cc(C)nc(C)c3)c(N3CN(c4cccc(Oc5ccc6c7ccccc7n(-c7cc(C(C)(C)C)ccn7)c6c5)c4)c4ccccc43)c2)cc(C)n1. The van der Waals surface area contributed by atoms with E-state index in [1.807, 2.05) is 12.3 Å². The molecule has 61 heavy (non-hydrogen) atoms. The second-order valence-corrected chi connectivity index (χ2v) is 17.3. The molecule has 5 aromatic carbocycles. The Morgan fingerprint density at radius 1 is 0.508 bits per heavy atom. The van der Waals surface area contributed by atoms with Crippen LogP contribution in [-0.4, -0.2) is 26.2 Å². The van der Waals surface area contributed by atoms with Crippen molar-refractivity contribution in [2.75, 3.05) is 16.5 Å². The first-order chi connectivity index (χ1) is 29.5. The topological polar surface area (TPSA) is 59.3 Å². The fourth-order valence-corrected chi connectivity index (χ4v) is 8.93. The summed E-state index contributed by atoms with van der Waals surface area (Å²) >= 11 is 0. The van der Waals surface area contributed by atoms with Crippen molar-refractivity contribution in [1.82, 2.24) is 19.5 Å². The molecule has 0 unspecified atom stereocenters. The van der Waals surface area contributed by atoms with Gasteiger partial charge in [-0.1, -0.05) is 69.3 Å². The molecule has 300 valence electrons. The van der Waals surface area contributed by atoms with Gasteiger partial charge in [0, 0.05) is 63.1 Å². The zero-order valence-electron chi connectivity index (χ0n) is 35.7. The van der Waals surface area contributed by atoms with E-state index in [0.717, 1.165) is 102 Å². The summed E-state index contributed by atoms with van der Waals surface area (Å²) in [6.07, 6.45) is 1.92. The summed E-state index contributed by atoms with van der Waals surface area (Å²) in [4.78, 5) is 19.1. The Hall–Kier alpha value is -7.25. The van der Waals surface area contributed by atoms with Crippen LogP contribution in [0.3, 0.4) is 0 Å². The predicted octanol–water partition coefficient (Wildman–Crippen LogP) is 13.9. The summed E-state index contributed by atoms with van der Waals surface area (Å²) in [5.74, 6) is 2.41. The smallest absolute Gasteiger partial charge is 0.137 e. The average Bonchev–Trinajstić information content (AvgIpc) is 3.79. The van der Waals surface area contributed by atoms with Crippen LogP contribution in [0.2, 0.25) is 0 Å². The molecule has 1 aliphatic heterocycles. The van der Waals surface area contributed by atoms with E-state index in [9.17, 15) is 0 Å². The molecule has 0 fully saturated rings. The highest BCUT2D eigenvalue weighted by Crippen LogP contribution is 2.48. The second kappa shape index (κ2) is 14.8. The van der Waals surface area contributed by atoms with Gasteiger partial charge in [-0.05, 0) is 140 Å². The van der Waals surface area contributed by atoms with Crippen molar-refractivity contribution >= 4 is 44.6 Å². The molecule has 0 saturated carbocycles. The van der Waals surface area contributed by atoms with Crippen molar-refractivity contribution in [2.45, 2.75) is 53.9 Å². The number of para-hydroxylation sites is 3. The first-order valence-corrected chi connectivity index (χ1v) is 20.9. The number of pyridine rings is 3. The van der Waals surface area contributed by atoms with Crippen LogP contribution in [0.25, 0.3) is 49.9 Å². The maximum atomic E-state index is 6.75. The Bertz CT molecular complexity index is 3120. The maximum absolute atomic E-state index is 6.75. The maximum Gasteiger partial charge on any atom is 0.137 e. The lowest BCUT2D eigenvalue weighted by Crippen LogP contribution is -2.24. The number of aromatic nitrogens is 4. The molecule has 0 aliphatic carbocycles. The van der Waals surface area contributed by atoms with Gasteiger partial charge in [-0.2, -0.15) is 0 Å². The van der Waals surface area contributed by atoms with Crippen LogP contribution in [0.5, 0.6) is 11.5 Å². The number of rotatable bonds is 7. The molecule has 0 saturated heterocycles. The molecule has 7 heteroatoms. The molecule has 10 rings (SSSR count). The molecule has 9 aromatic rings. The predicted molar refractivity (Wildman–Crippen MR) is 251 cm³/mol. The van der Waals surface area contributed by atoms with Crippen LogP contribution in [-0.2, 0) is 5.41 Å². The van der Waals surface area contributed by atoms with Gasteiger partial charge in [-0.25, -0.2) is 4.98 Å². The highest BCUT2D eigenvalue weighted by molar-refractivity contribution is 6.09. The first kappa shape index (κ1) is 38.0. The lowest BCUT2D eigenvalue weighted by molar-refractivity contribution is 0.483. The molecule has 0 bridgehead atoms. The van der Waals surface area contributed by atoms with Gasteiger partial charge in [-0.3, -0.25) is 14.5 Å². The Labute approximate surface area is 357 Å². The molecule has 0 spiro atoms. The summed E-state index contributed by atoms with van der Waals surface area (Å²) in [5, 5.41) is 2.34. The van der Waals surface area contributed by atoms with Crippen molar-refractivity contribution in [3.05, 3.63) is 180 Å². The second-order valence-electron chi connectivity index (χ2n) is 17.3. The van der Waals surface area contributed by atoms with Gasteiger partial charge in [-0.15, -0.1) is 0 Å². The van der Waals surface area contributed by atoms with Gasteiger partial charge in [0.2, 0.25) is 0 Å². The average molecular weight is 797 g/mol. The van der Waals surface area contributed by atoms with E-state index in [1.54, 1.807) is 0 Å². The molecule has 0 amide bonds. The number of aryl methyl sites for hydroxylation is 4. The van der Waals surface area contributed by atoms with Crippen molar-refractivity contribution < 1.29 is 4.74 Å². The fraction of sp³-hybridized carbons (Fsp3) is 0.167. The molecule has 4 aromatic heterocycles. The third-order valence-corrected chi connectivity index (χ3v) is 11.7. The minimum atomic E-state index is -0.00864. The van der Waals surface area contributed by atoms with Crippen molar-refractivity contribution in [3.63, 3.8) is 0 Å². The number of hydrogen-bond acceptors (Lipinski definition) is 6. The van der Waals surface area contributed by atoms with E-state index in [4.69, 9.17) is 14.7 Å². The Balaban J connectivity index is 1.03. The van der Waals surface area contributed by atoms with E-state index >= 15 is 0 Å². The molecule has 7 nitrogen and oxygen atoms in total. The number of nitrogens with zero attached hydrogens (tertiary/aromatic N) is 6. The Morgan fingerprint density at radius 2 is 1.16 bits per heavy atom.